The summed E-state index contributed by atoms with van der Waals surface area (Å²) in [5, 5.41) is 30.4. The number of aryl methyl sites for hydroxylation is 1. The molecule has 194 valence electrons. The van der Waals surface area contributed by atoms with Crippen molar-refractivity contribution in [2.75, 3.05) is 19.9 Å². The van der Waals surface area contributed by atoms with E-state index in [2.05, 4.69) is 9.05 Å². The molecule has 0 saturated carbocycles. The first-order valence-corrected chi connectivity index (χ1v) is 12.7. The first-order chi connectivity index (χ1) is 15.9. The van der Waals surface area contributed by atoms with E-state index in [1.165, 1.54) is 12.1 Å². The molecule has 0 radical (unpaired) electrons. The molecule has 1 aromatic rings. The standard InChI is InChI=1S/C21H30F4NO7P/c22-11-5-3-1-2-4-6-12-31-17-8-7-15(13-16(17)19(23,24)25)9-10-18(26,14-27)20(28,29)21-32-34(21,30)33-21/h7-8,13,27-29H,1-6,9-12,14,26H2. The van der Waals surface area contributed by atoms with E-state index in [4.69, 9.17) is 10.5 Å². The Balaban J connectivity index is 1.59. The molecule has 5 N–H and O–H groups in total. The number of benzene rings is 1. The number of nitrogens with two attached hydrogens (primary N) is 1. The number of hydrogen-bond acceptors (Lipinski definition) is 8. The molecule has 0 aliphatic carbocycles. The topological polar surface area (TPSA) is 138 Å². The number of rotatable bonds is 15. The summed E-state index contributed by atoms with van der Waals surface area (Å²) in [5.41, 5.74) is 0.749. The quantitative estimate of drug-likeness (QED) is 0.0914. The molecule has 1 aromatic carbocycles. The fourth-order valence-electron chi connectivity index (χ4n) is 3.82. The van der Waals surface area contributed by atoms with Crippen LogP contribution in [0.4, 0.5) is 17.6 Å². The molecule has 0 spiro atoms. The number of fused-ring (bicyclic) bond motifs is 1. The first-order valence-electron chi connectivity index (χ1n) is 11.1. The largest absolute Gasteiger partial charge is 0.493 e. The second-order valence-corrected chi connectivity index (χ2v) is 10.7. The Bertz CT molecular complexity index is 904. The number of aliphatic hydroxyl groups is 3. The van der Waals surface area contributed by atoms with Crippen LogP contribution in [0, 0.1) is 0 Å². The third kappa shape index (κ3) is 5.28. The average molecular weight is 515 g/mol. The van der Waals surface area contributed by atoms with E-state index < -0.39 is 42.8 Å². The number of unbranched alkanes of at least 4 members (excludes halogenated alkanes) is 5. The normalized spacial score (nSPS) is 25.5. The summed E-state index contributed by atoms with van der Waals surface area (Å²) in [5.74, 6) is -3.34. The lowest BCUT2D eigenvalue weighted by molar-refractivity contribution is -0.290. The maximum absolute atomic E-state index is 13.6. The second kappa shape index (κ2) is 10.0. The molecule has 13 heteroatoms. The molecule has 0 aromatic heterocycles. The molecule has 2 aliphatic heterocycles. The highest BCUT2D eigenvalue weighted by atomic mass is 31.2. The predicted molar refractivity (Wildman–Crippen MR) is 113 cm³/mol. The van der Waals surface area contributed by atoms with Crippen molar-refractivity contribution in [2.24, 2.45) is 5.73 Å². The summed E-state index contributed by atoms with van der Waals surface area (Å²) < 4.78 is 79.3. The Labute approximate surface area is 194 Å². The van der Waals surface area contributed by atoms with Gasteiger partial charge in [0.15, 0.2) is 0 Å². The van der Waals surface area contributed by atoms with E-state index in [1.807, 2.05) is 0 Å². The van der Waals surface area contributed by atoms with Crippen molar-refractivity contribution in [1.29, 1.82) is 0 Å². The Kier molecular flexibility index (Phi) is 8.04. The fourth-order valence-corrected chi connectivity index (χ4v) is 5.66. The van der Waals surface area contributed by atoms with Crippen LogP contribution in [0.1, 0.15) is 56.1 Å². The van der Waals surface area contributed by atoms with Gasteiger partial charge in [-0.15, -0.1) is 0 Å². The van der Waals surface area contributed by atoms with Gasteiger partial charge in [-0.1, -0.05) is 31.7 Å². The molecule has 3 rings (SSSR count). The van der Waals surface area contributed by atoms with Crippen molar-refractivity contribution in [3.8, 4) is 5.75 Å². The lowest BCUT2D eigenvalue weighted by Crippen LogP contribution is -2.68. The Hall–Kier alpha value is -1.27. The van der Waals surface area contributed by atoms with Crippen molar-refractivity contribution >= 4 is 7.60 Å². The number of alkyl halides is 4. The van der Waals surface area contributed by atoms with Gasteiger partial charge in [-0.05, 0) is 43.4 Å². The summed E-state index contributed by atoms with van der Waals surface area (Å²) in [6.45, 7) is -1.23. The highest BCUT2D eigenvalue weighted by molar-refractivity contribution is 7.68. The smallest absolute Gasteiger partial charge is 0.419 e. The average Bonchev–Trinajstić information content (AvgIpc) is 3.59. The molecular formula is C21H30F4NO7P. The highest BCUT2D eigenvalue weighted by Gasteiger charge is 3.01. The predicted octanol–water partition coefficient (Wildman–Crippen LogP) is 3.60. The number of aliphatic hydroxyl groups excluding tert-OH is 1. The van der Waals surface area contributed by atoms with Gasteiger partial charge >= 0.3 is 19.3 Å². The lowest BCUT2D eigenvalue weighted by Gasteiger charge is -2.38. The van der Waals surface area contributed by atoms with Crippen LogP contribution in [0.25, 0.3) is 0 Å². The maximum atomic E-state index is 13.6. The molecule has 2 fully saturated rings. The minimum atomic E-state index is -4.69. The summed E-state index contributed by atoms with van der Waals surface area (Å²) in [6.07, 6.45) is -0.890. The lowest BCUT2D eigenvalue weighted by atomic mass is 9.84. The van der Waals surface area contributed by atoms with Gasteiger partial charge in [0.2, 0.25) is 0 Å². The maximum Gasteiger partial charge on any atom is 0.419 e. The summed E-state index contributed by atoms with van der Waals surface area (Å²) >= 11 is 0. The van der Waals surface area contributed by atoms with Crippen LogP contribution in [0.2, 0.25) is 0 Å². The minimum absolute atomic E-state index is 0.0989. The zero-order valence-corrected chi connectivity index (χ0v) is 19.4. The van der Waals surface area contributed by atoms with E-state index in [9.17, 15) is 37.4 Å². The molecule has 2 saturated heterocycles. The van der Waals surface area contributed by atoms with Gasteiger partial charge in [-0.2, -0.15) is 13.2 Å². The molecule has 2 heterocycles. The summed E-state index contributed by atoms with van der Waals surface area (Å²) in [4.78, 5) is 0. The van der Waals surface area contributed by atoms with Crippen molar-refractivity contribution in [3.05, 3.63) is 29.3 Å². The van der Waals surface area contributed by atoms with Crippen LogP contribution in [-0.4, -0.2) is 52.1 Å². The van der Waals surface area contributed by atoms with E-state index in [1.54, 1.807) is 0 Å². The van der Waals surface area contributed by atoms with Crippen molar-refractivity contribution in [2.45, 2.75) is 74.4 Å². The van der Waals surface area contributed by atoms with Crippen molar-refractivity contribution < 1.29 is 51.2 Å². The number of hydrogen-bond donors (Lipinski definition) is 4. The monoisotopic (exact) mass is 515 g/mol. The molecule has 8 nitrogen and oxygen atoms in total. The third-order valence-electron chi connectivity index (χ3n) is 6.20. The Morgan fingerprint density at radius 1 is 1.06 bits per heavy atom. The highest BCUT2D eigenvalue weighted by Crippen LogP contribution is 3.00. The number of ether oxygens (including phenoxy) is 1. The van der Waals surface area contributed by atoms with Crippen LogP contribution >= 0.6 is 7.60 Å². The van der Waals surface area contributed by atoms with E-state index in [-0.39, 0.29) is 37.4 Å². The van der Waals surface area contributed by atoms with Crippen LogP contribution in [0.3, 0.4) is 0 Å². The molecular weight excluding hydrogens is 485 g/mol. The van der Waals surface area contributed by atoms with Gasteiger partial charge in [-0.25, -0.2) is 0 Å². The molecule has 0 amide bonds. The van der Waals surface area contributed by atoms with Crippen LogP contribution < -0.4 is 10.5 Å². The van der Waals surface area contributed by atoms with Gasteiger partial charge in [0, 0.05) is 0 Å². The van der Waals surface area contributed by atoms with Gasteiger partial charge in [0.1, 0.15) is 5.75 Å². The van der Waals surface area contributed by atoms with Crippen molar-refractivity contribution in [3.63, 3.8) is 0 Å². The molecule has 2 aliphatic rings. The third-order valence-corrected chi connectivity index (χ3v) is 8.07. The Morgan fingerprint density at radius 3 is 2.18 bits per heavy atom. The SMILES string of the molecule is NC(CO)(CCc1ccc(OCCCCCCCCF)c(C(F)(F)F)c1)C(O)(O)C12OP1(=O)O2. The summed E-state index contributed by atoms with van der Waals surface area (Å²) in [6, 6.07) is 3.45. The van der Waals surface area contributed by atoms with Crippen LogP contribution in [0.15, 0.2) is 18.2 Å². The van der Waals surface area contributed by atoms with Crippen LogP contribution in [-0.2, 0) is 26.2 Å². The van der Waals surface area contributed by atoms with Gasteiger partial charge < -0.3 is 25.8 Å². The van der Waals surface area contributed by atoms with E-state index in [0.29, 0.717) is 12.8 Å². The van der Waals surface area contributed by atoms with Gasteiger partial charge in [-0.3, -0.25) is 18.0 Å². The van der Waals surface area contributed by atoms with Gasteiger partial charge in [0.25, 0.3) is 5.79 Å². The van der Waals surface area contributed by atoms with Gasteiger partial charge in [0.05, 0.1) is 31.0 Å². The second-order valence-electron chi connectivity index (χ2n) is 8.74. The summed E-state index contributed by atoms with van der Waals surface area (Å²) in [7, 11) is -3.61. The minimum Gasteiger partial charge on any atom is -0.493 e. The molecule has 1 atom stereocenters. The number of halogens is 4. The zero-order valence-electron chi connectivity index (χ0n) is 18.5. The zero-order chi connectivity index (χ0) is 25.3. The molecule has 34 heavy (non-hydrogen) atoms. The first kappa shape index (κ1) is 27.3. The fraction of sp³-hybridized carbons (Fsp3) is 0.714. The van der Waals surface area contributed by atoms with E-state index >= 15 is 0 Å². The van der Waals surface area contributed by atoms with Crippen molar-refractivity contribution in [1.82, 2.24) is 0 Å². The molecule has 0 bridgehead atoms. The Morgan fingerprint density at radius 2 is 1.65 bits per heavy atom. The van der Waals surface area contributed by atoms with E-state index in [0.717, 1.165) is 31.7 Å². The molecule has 1 unspecified atom stereocenters. The van der Waals surface area contributed by atoms with Crippen LogP contribution in [0.5, 0.6) is 5.75 Å².